The fourth-order valence-corrected chi connectivity index (χ4v) is 5.64. The van der Waals surface area contributed by atoms with Crippen molar-refractivity contribution in [2.45, 2.75) is 25.9 Å². The van der Waals surface area contributed by atoms with Crippen molar-refractivity contribution in [3.05, 3.63) is 125 Å². The zero-order valence-corrected chi connectivity index (χ0v) is 21.0. The standard InChI is InChI=1S/C30H30FO3P/c1-21(32)27-19-26(31)13-14-28(27)35-29-18-24(15-22-9-5-3-6-10-22)17-25(30(29)34-20-33-2)16-23-11-7-4-8-12-23/h3-14,17-19,21,32,35H,15-16,20H2,1-2H3. The number of halogens is 1. The second-order valence-electron chi connectivity index (χ2n) is 8.54. The maximum absolute atomic E-state index is 14.0. The van der Waals surface area contributed by atoms with Crippen LogP contribution in [0.3, 0.4) is 0 Å². The minimum Gasteiger partial charge on any atom is -0.467 e. The molecular formula is C30H30FO3P. The largest absolute Gasteiger partial charge is 0.467 e. The summed E-state index contributed by atoms with van der Waals surface area (Å²) in [7, 11) is 1.79. The average molecular weight is 489 g/mol. The molecule has 1 N–H and O–H groups in total. The van der Waals surface area contributed by atoms with Gasteiger partial charge in [-0.05, 0) is 64.7 Å². The fraction of sp³-hybridized carbons (Fsp3) is 0.200. The highest BCUT2D eigenvalue weighted by Crippen LogP contribution is 2.30. The van der Waals surface area contributed by atoms with Crippen molar-refractivity contribution in [2.24, 2.45) is 0 Å². The van der Waals surface area contributed by atoms with Gasteiger partial charge in [0.1, 0.15) is 11.6 Å². The van der Waals surface area contributed by atoms with Gasteiger partial charge >= 0.3 is 0 Å². The Kier molecular flexibility index (Phi) is 8.65. The Balaban J connectivity index is 1.81. The molecule has 0 saturated heterocycles. The van der Waals surface area contributed by atoms with E-state index in [1.807, 2.05) is 36.4 Å². The number of ether oxygens (including phenoxy) is 2. The number of rotatable bonds is 10. The SMILES string of the molecule is COCOc1c(Cc2ccccc2)cc(Cc2ccccc2)cc1Pc1ccc(F)cc1C(C)O. The van der Waals surface area contributed by atoms with E-state index in [4.69, 9.17) is 9.47 Å². The van der Waals surface area contributed by atoms with E-state index in [0.29, 0.717) is 12.0 Å². The van der Waals surface area contributed by atoms with Gasteiger partial charge in [-0.1, -0.05) is 81.4 Å². The Hall–Kier alpha value is -3.04. The summed E-state index contributed by atoms with van der Waals surface area (Å²) in [6.45, 7) is 1.79. The van der Waals surface area contributed by atoms with Gasteiger partial charge in [-0.25, -0.2) is 4.39 Å². The number of hydrogen-bond acceptors (Lipinski definition) is 3. The lowest BCUT2D eigenvalue weighted by atomic mass is 9.98. The van der Waals surface area contributed by atoms with Crippen molar-refractivity contribution < 1.29 is 19.0 Å². The molecule has 5 heteroatoms. The quantitative estimate of drug-likeness (QED) is 0.231. The summed E-state index contributed by atoms with van der Waals surface area (Å²) in [6.07, 6.45) is 0.733. The van der Waals surface area contributed by atoms with Gasteiger partial charge in [0.15, 0.2) is 6.79 Å². The second-order valence-corrected chi connectivity index (χ2v) is 9.87. The van der Waals surface area contributed by atoms with E-state index in [1.165, 1.54) is 28.8 Å². The number of methoxy groups -OCH3 is 1. The van der Waals surface area contributed by atoms with Gasteiger partial charge in [0.05, 0.1) is 6.10 Å². The van der Waals surface area contributed by atoms with E-state index < -0.39 is 6.10 Å². The summed E-state index contributed by atoms with van der Waals surface area (Å²) in [5, 5.41) is 12.2. The molecule has 0 aliphatic heterocycles. The molecule has 3 nitrogen and oxygen atoms in total. The molecule has 0 aromatic heterocycles. The molecule has 0 heterocycles. The van der Waals surface area contributed by atoms with E-state index >= 15 is 0 Å². The Morgan fingerprint density at radius 2 is 1.46 bits per heavy atom. The van der Waals surface area contributed by atoms with Crippen LogP contribution in [0.1, 0.15) is 40.8 Å². The van der Waals surface area contributed by atoms with Crippen molar-refractivity contribution in [3.8, 4) is 5.75 Å². The van der Waals surface area contributed by atoms with Gasteiger partial charge in [0.2, 0.25) is 0 Å². The van der Waals surface area contributed by atoms with E-state index in [0.717, 1.165) is 28.3 Å². The number of aliphatic hydroxyl groups excluding tert-OH is 1. The maximum Gasteiger partial charge on any atom is 0.188 e. The minimum absolute atomic E-state index is 0.129. The Bertz CT molecular complexity index is 1240. The first-order valence-electron chi connectivity index (χ1n) is 11.6. The van der Waals surface area contributed by atoms with Gasteiger partial charge < -0.3 is 14.6 Å². The first kappa shape index (κ1) is 25.1. The van der Waals surface area contributed by atoms with Gasteiger partial charge in [-0.15, -0.1) is 0 Å². The minimum atomic E-state index is -0.771. The van der Waals surface area contributed by atoms with Crippen LogP contribution < -0.4 is 15.3 Å². The van der Waals surface area contributed by atoms with E-state index in [1.54, 1.807) is 20.1 Å². The predicted octanol–water partition coefficient (Wildman–Crippen LogP) is 5.67. The van der Waals surface area contributed by atoms with Gasteiger partial charge in [0.25, 0.3) is 0 Å². The van der Waals surface area contributed by atoms with E-state index in [-0.39, 0.29) is 21.2 Å². The molecule has 0 radical (unpaired) electrons. The van der Waals surface area contributed by atoms with Crippen LogP contribution >= 0.6 is 8.58 Å². The summed E-state index contributed by atoms with van der Waals surface area (Å²) < 4.78 is 25.3. The van der Waals surface area contributed by atoms with Crippen LogP contribution in [0, 0.1) is 5.82 Å². The van der Waals surface area contributed by atoms with Crippen LogP contribution in [-0.2, 0) is 17.6 Å². The molecule has 0 bridgehead atoms. The van der Waals surface area contributed by atoms with Gasteiger partial charge in [-0.2, -0.15) is 0 Å². The normalized spacial score (nSPS) is 12.2. The molecule has 4 rings (SSSR count). The molecule has 4 aromatic carbocycles. The van der Waals surface area contributed by atoms with Crippen LogP contribution in [0.2, 0.25) is 0 Å². The zero-order valence-electron chi connectivity index (χ0n) is 20.0. The van der Waals surface area contributed by atoms with E-state index in [2.05, 4.69) is 36.4 Å². The molecule has 0 amide bonds. The molecule has 35 heavy (non-hydrogen) atoms. The molecule has 2 atom stereocenters. The van der Waals surface area contributed by atoms with Crippen LogP contribution in [0.25, 0.3) is 0 Å². The summed E-state index contributed by atoms with van der Waals surface area (Å²) in [5.41, 5.74) is 5.26. The van der Waals surface area contributed by atoms with Crippen molar-refractivity contribution in [2.75, 3.05) is 13.9 Å². The third kappa shape index (κ3) is 6.76. The molecule has 2 unspecified atom stereocenters. The summed E-state index contributed by atoms with van der Waals surface area (Å²) in [4.78, 5) is 0. The molecule has 0 aliphatic carbocycles. The molecule has 180 valence electrons. The fourth-order valence-electron chi connectivity index (χ4n) is 4.15. The lowest BCUT2D eigenvalue weighted by molar-refractivity contribution is 0.0513. The van der Waals surface area contributed by atoms with Crippen molar-refractivity contribution in [1.82, 2.24) is 0 Å². The number of benzene rings is 4. The second kappa shape index (κ2) is 12.1. The van der Waals surface area contributed by atoms with Crippen LogP contribution in [-0.4, -0.2) is 19.0 Å². The average Bonchev–Trinajstić information content (AvgIpc) is 2.86. The monoisotopic (exact) mass is 488 g/mol. The number of aliphatic hydroxyl groups is 1. The Morgan fingerprint density at radius 1 is 0.800 bits per heavy atom. The van der Waals surface area contributed by atoms with Crippen LogP contribution in [0.4, 0.5) is 4.39 Å². The van der Waals surface area contributed by atoms with E-state index in [9.17, 15) is 9.50 Å². The summed E-state index contributed by atoms with van der Waals surface area (Å²) in [6, 6.07) is 29.7. The van der Waals surface area contributed by atoms with Crippen molar-refractivity contribution in [1.29, 1.82) is 0 Å². The topological polar surface area (TPSA) is 38.7 Å². The molecule has 0 aliphatic rings. The van der Waals surface area contributed by atoms with Crippen LogP contribution in [0.5, 0.6) is 5.75 Å². The highest BCUT2D eigenvalue weighted by molar-refractivity contribution is 7.55. The van der Waals surface area contributed by atoms with Gasteiger partial charge in [-0.3, -0.25) is 0 Å². The molecule has 0 fully saturated rings. The molecular weight excluding hydrogens is 458 g/mol. The summed E-state index contributed by atoms with van der Waals surface area (Å²) in [5.74, 6) is 0.430. The Labute approximate surface area is 208 Å². The molecule has 0 saturated carbocycles. The first-order valence-corrected chi connectivity index (χ1v) is 12.6. The lowest BCUT2D eigenvalue weighted by Crippen LogP contribution is -2.17. The number of hydrogen-bond donors (Lipinski definition) is 1. The molecule has 0 spiro atoms. The molecule has 4 aromatic rings. The highest BCUT2D eigenvalue weighted by Gasteiger charge is 2.17. The maximum atomic E-state index is 14.0. The zero-order chi connectivity index (χ0) is 24.6. The van der Waals surface area contributed by atoms with Crippen molar-refractivity contribution in [3.63, 3.8) is 0 Å². The predicted molar refractivity (Wildman–Crippen MR) is 142 cm³/mol. The Morgan fingerprint density at radius 3 is 2.09 bits per heavy atom. The van der Waals surface area contributed by atoms with Gasteiger partial charge in [0, 0.05) is 18.8 Å². The smallest absolute Gasteiger partial charge is 0.188 e. The first-order chi connectivity index (χ1) is 17.0. The van der Waals surface area contributed by atoms with Crippen LogP contribution in [0.15, 0.2) is 91.0 Å². The lowest BCUT2D eigenvalue weighted by Gasteiger charge is -2.20. The van der Waals surface area contributed by atoms with Crippen molar-refractivity contribution >= 4 is 19.2 Å². The summed E-state index contributed by atoms with van der Waals surface area (Å²) >= 11 is 0. The third-order valence-electron chi connectivity index (χ3n) is 5.77. The highest BCUT2D eigenvalue weighted by atomic mass is 31.1. The third-order valence-corrected chi connectivity index (χ3v) is 7.13.